The van der Waals surface area contributed by atoms with E-state index in [1.165, 1.54) is 18.5 Å². The van der Waals surface area contributed by atoms with Gasteiger partial charge in [0.2, 0.25) is 0 Å². The lowest BCUT2D eigenvalue weighted by Gasteiger charge is -2.17. The molecule has 2 amide bonds. The average molecular weight is 330 g/mol. The summed E-state index contributed by atoms with van der Waals surface area (Å²) in [7, 11) is 0. The van der Waals surface area contributed by atoms with Crippen LogP contribution in [0.4, 0.5) is 16.2 Å². The molecule has 1 aliphatic heterocycles. The Hall–Kier alpha value is -2.20. The molecule has 5 heteroatoms. The Labute approximate surface area is 141 Å². The maximum absolute atomic E-state index is 11.9. The Balaban J connectivity index is 1.50. The highest BCUT2D eigenvalue weighted by atomic mass is 35.5. The minimum atomic E-state index is -0.214. The molecule has 3 rings (SSSR count). The summed E-state index contributed by atoms with van der Waals surface area (Å²) in [5.74, 6) is 0. The van der Waals surface area contributed by atoms with Gasteiger partial charge in [-0.25, -0.2) is 4.79 Å². The number of nitrogens with one attached hydrogen (secondary N) is 2. The highest BCUT2D eigenvalue weighted by Crippen LogP contribution is 2.22. The van der Waals surface area contributed by atoms with E-state index < -0.39 is 0 Å². The molecule has 0 radical (unpaired) electrons. The SMILES string of the molecule is O=C(NCc1ccc(Cl)cc1)Nc1ccc(N2CCCC2)cc1. The average Bonchev–Trinajstić information content (AvgIpc) is 3.09. The van der Waals surface area contributed by atoms with Gasteiger partial charge in [0.05, 0.1) is 0 Å². The Bertz CT molecular complexity index is 649. The fourth-order valence-electron chi connectivity index (χ4n) is 2.69. The molecule has 0 atom stereocenters. The molecule has 0 spiro atoms. The topological polar surface area (TPSA) is 44.4 Å². The first-order valence-electron chi connectivity index (χ1n) is 7.85. The molecule has 120 valence electrons. The van der Waals surface area contributed by atoms with Crippen LogP contribution in [-0.4, -0.2) is 19.1 Å². The molecule has 0 aliphatic carbocycles. The van der Waals surface area contributed by atoms with Gasteiger partial charge in [0.1, 0.15) is 0 Å². The molecule has 4 nitrogen and oxygen atoms in total. The van der Waals surface area contributed by atoms with Crippen molar-refractivity contribution in [2.24, 2.45) is 0 Å². The summed E-state index contributed by atoms with van der Waals surface area (Å²) in [4.78, 5) is 14.3. The van der Waals surface area contributed by atoms with Crippen LogP contribution in [0, 0.1) is 0 Å². The summed E-state index contributed by atoms with van der Waals surface area (Å²) in [6.45, 7) is 2.71. The van der Waals surface area contributed by atoms with E-state index in [1.54, 1.807) is 0 Å². The van der Waals surface area contributed by atoms with Gasteiger partial charge in [-0.1, -0.05) is 23.7 Å². The fourth-order valence-corrected chi connectivity index (χ4v) is 2.82. The maximum Gasteiger partial charge on any atom is 0.319 e. The Morgan fingerprint density at radius 3 is 2.30 bits per heavy atom. The molecule has 0 bridgehead atoms. The highest BCUT2D eigenvalue weighted by Gasteiger charge is 2.12. The minimum Gasteiger partial charge on any atom is -0.372 e. The lowest BCUT2D eigenvalue weighted by molar-refractivity contribution is 0.251. The minimum absolute atomic E-state index is 0.214. The first-order valence-corrected chi connectivity index (χ1v) is 8.23. The first-order chi connectivity index (χ1) is 11.2. The molecule has 1 aliphatic rings. The van der Waals surface area contributed by atoms with E-state index >= 15 is 0 Å². The van der Waals surface area contributed by atoms with Gasteiger partial charge in [0, 0.05) is 36.0 Å². The smallest absolute Gasteiger partial charge is 0.319 e. The summed E-state index contributed by atoms with van der Waals surface area (Å²) in [5.41, 5.74) is 3.02. The largest absolute Gasteiger partial charge is 0.372 e. The lowest BCUT2D eigenvalue weighted by Crippen LogP contribution is -2.28. The van der Waals surface area contributed by atoms with Crippen molar-refractivity contribution in [2.45, 2.75) is 19.4 Å². The van der Waals surface area contributed by atoms with E-state index in [9.17, 15) is 4.79 Å². The van der Waals surface area contributed by atoms with Gasteiger partial charge in [0.15, 0.2) is 0 Å². The molecular formula is C18H20ClN3O. The van der Waals surface area contributed by atoms with Crippen LogP contribution >= 0.6 is 11.6 Å². The highest BCUT2D eigenvalue weighted by molar-refractivity contribution is 6.30. The number of anilines is 2. The van der Waals surface area contributed by atoms with Crippen molar-refractivity contribution in [2.75, 3.05) is 23.3 Å². The number of benzene rings is 2. The second-order valence-electron chi connectivity index (χ2n) is 5.68. The Kier molecular flexibility index (Phi) is 5.03. The van der Waals surface area contributed by atoms with Crippen molar-refractivity contribution < 1.29 is 4.79 Å². The zero-order chi connectivity index (χ0) is 16.1. The number of carbonyl (C=O) groups is 1. The van der Waals surface area contributed by atoms with Crippen molar-refractivity contribution in [3.8, 4) is 0 Å². The summed E-state index contributed by atoms with van der Waals surface area (Å²) in [6, 6.07) is 15.2. The van der Waals surface area contributed by atoms with Crippen LogP contribution in [0.3, 0.4) is 0 Å². The maximum atomic E-state index is 11.9. The van der Waals surface area contributed by atoms with Gasteiger partial charge < -0.3 is 15.5 Å². The number of hydrogen-bond donors (Lipinski definition) is 2. The number of carbonyl (C=O) groups excluding carboxylic acids is 1. The van der Waals surface area contributed by atoms with Crippen LogP contribution in [0.1, 0.15) is 18.4 Å². The van der Waals surface area contributed by atoms with Gasteiger partial charge >= 0.3 is 6.03 Å². The van der Waals surface area contributed by atoms with Crippen molar-refractivity contribution >= 4 is 29.0 Å². The summed E-state index contributed by atoms with van der Waals surface area (Å²) in [6.07, 6.45) is 2.51. The molecule has 1 fully saturated rings. The van der Waals surface area contributed by atoms with Crippen LogP contribution in [0.25, 0.3) is 0 Å². The van der Waals surface area contributed by atoms with E-state index in [1.807, 2.05) is 36.4 Å². The van der Waals surface area contributed by atoms with Gasteiger partial charge in [-0.15, -0.1) is 0 Å². The zero-order valence-corrected chi connectivity index (χ0v) is 13.6. The van der Waals surface area contributed by atoms with Crippen molar-refractivity contribution in [3.05, 3.63) is 59.1 Å². The van der Waals surface area contributed by atoms with E-state index in [0.29, 0.717) is 11.6 Å². The van der Waals surface area contributed by atoms with Gasteiger partial charge in [-0.3, -0.25) is 0 Å². The van der Waals surface area contributed by atoms with E-state index in [0.717, 1.165) is 24.3 Å². The molecule has 2 N–H and O–H groups in total. The number of urea groups is 1. The van der Waals surface area contributed by atoms with E-state index in [-0.39, 0.29) is 6.03 Å². The van der Waals surface area contributed by atoms with Crippen LogP contribution in [0.2, 0.25) is 5.02 Å². The first kappa shape index (κ1) is 15.7. The van der Waals surface area contributed by atoms with E-state index in [4.69, 9.17) is 11.6 Å². The lowest BCUT2D eigenvalue weighted by atomic mass is 10.2. The normalized spacial score (nSPS) is 13.9. The van der Waals surface area contributed by atoms with Crippen molar-refractivity contribution in [3.63, 3.8) is 0 Å². The molecule has 0 unspecified atom stereocenters. The summed E-state index contributed by atoms with van der Waals surface area (Å²) >= 11 is 5.84. The monoisotopic (exact) mass is 329 g/mol. The predicted octanol–water partition coefficient (Wildman–Crippen LogP) is 4.26. The van der Waals surface area contributed by atoms with Crippen molar-refractivity contribution in [1.82, 2.24) is 5.32 Å². The number of hydrogen-bond acceptors (Lipinski definition) is 2. The second kappa shape index (κ2) is 7.38. The predicted molar refractivity (Wildman–Crippen MR) is 95.2 cm³/mol. The third-order valence-corrected chi connectivity index (χ3v) is 4.21. The van der Waals surface area contributed by atoms with E-state index in [2.05, 4.69) is 27.7 Å². The van der Waals surface area contributed by atoms with Gasteiger partial charge in [-0.05, 0) is 54.8 Å². The number of nitrogens with zero attached hydrogens (tertiary/aromatic N) is 1. The summed E-state index contributed by atoms with van der Waals surface area (Å²) in [5, 5.41) is 6.37. The van der Waals surface area contributed by atoms with Crippen LogP contribution in [-0.2, 0) is 6.54 Å². The van der Waals surface area contributed by atoms with Gasteiger partial charge in [0.25, 0.3) is 0 Å². The number of halogens is 1. The molecule has 0 saturated carbocycles. The van der Waals surface area contributed by atoms with Crippen LogP contribution in [0.15, 0.2) is 48.5 Å². The second-order valence-corrected chi connectivity index (χ2v) is 6.11. The molecular weight excluding hydrogens is 310 g/mol. The summed E-state index contributed by atoms with van der Waals surface area (Å²) < 4.78 is 0. The number of amides is 2. The van der Waals surface area contributed by atoms with Crippen molar-refractivity contribution in [1.29, 1.82) is 0 Å². The standard InChI is InChI=1S/C18H20ClN3O/c19-15-5-3-14(4-6-15)13-20-18(23)21-16-7-9-17(10-8-16)22-11-1-2-12-22/h3-10H,1-2,11-13H2,(H2,20,21,23). The molecule has 1 saturated heterocycles. The third-order valence-electron chi connectivity index (χ3n) is 3.96. The number of rotatable bonds is 4. The molecule has 2 aromatic carbocycles. The molecule has 23 heavy (non-hydrogen) atoms. The van der Waals surface area contributed by atoms with Crippen LogP contribution in [0.5, 0.6) is 0 Å². The molecule has 2 aromatic rings. The van der Waals surface area contributed by atoms with Gasteiger partial charge in [-0.2, -0.15) is 0 Å². The quantitative estimate of drug-likeness (QED) is 0.880. The molecule has 1 heterocycles. The third kappa shape index (κ3) is 4.39. The van der Waals surface area contributed by atoms with Crippen LogP contribution < -0.4 is 15.5 Å². The Morgan fingerprint density at radius 2 is 1.65 bits per heavy atom. The fraction of sp³-hybridized carbons (Fsp3) is 0.278. The zero-order valence-electron chi connectivity index (χ0n) is 12.9. The Morgan fingerprint density at radius 1 is 1.00 bits per heavy atom. The molecule has 0 aromatic heterocycles.